The van der Waals surface area contributed by atoms with Gasteiger partial charge >= 0.3 is 0 Å². The van der Waals surface area contributed by atoms with Gasteiger partial charge in [-0.1, -0.05) is 69.6 Å². The largest absolute Gasteiger partial charge is 0.248 e. The van der Waals surface area contributed by atoms with E-state index in [1.54, 1.807) is 24.3 Å². The van der Waals surface area contributed by atoms with Crippen molar-refractivity contribution >= 4 is 69.6 Å². The van der Waals surface area contributed by atoms with Gasteiger partial charge in [0.15, 0.2) is 0 Å². The summed E-state index contributed by atoms with van der Waals surface area (Å²) < 4.78 is 14.1. The van der Waals surface area contributed by atoms with E-state index in [4.69, 9.17) is 69.6 Å². The van der Waals surface area contributed by atoms with Crippen LogP contribution in [-0.4, -0.2) is 4.98 Å². The number of nitrogens with zero attached hydrogens (tertiary/aromatic N) is 1. The van der Waals surface area contributed by atoms with E-state index in [1.165, 1.54) is 12.1 Å². The van der Waals surface area contributed by atoms with Gasteiger partial charge in [-0.05, 0) is 24.3 Å². The Labute approximate surface area is 173 Å². The molecule has 0 aliphatic rings. The number of pyridine rings is 1. The van der Waals surface area contributed by atoms with Gasteiger partial charge in [-0.15, -0.1) is 0 Å². The molecule has 3 aromatic rings. The minimum Gasteiger partial charge on any atom is -0.248 e. The Morgan fingerprint density at radius 2 is 0.880 bits per heavy atom. The van der Waals surface area contributed by atoms with E-state index < -0.39 is 5.82 Å². The first-order valence-electron chi connectivity index (χ1n) is 6.73. The van der Waals surface area contributed by atoms with Crippen LogP contribution < -0.4 is 0 Å². The molecule has 0 amide bonds. The van der Waals surface area contributed by atoms with Crippen LogP contribution >= 0.6 is 69.6 Å². The minimum absolute atomic E-state index is 0.222. The highest BCUT2D eigenvalue weighted by atomic mass is 35.5. The third-order valence-electron chi connectivity index (χ3n) is 3.35. The van der Waals surface area contributed by atoms with Crippen LogP contribution in [0.4, 0.5) is 4.39 Å². The van der Waals surface area contributed by atoms with Crippen molar-refractivity contribution in [1.29, 1.82) is 0 Å². The van der Waals surface area contributed by atoms with E-state index in [-0.39, 0.29) is 30.1 Å². The highest BCUT2D eigenvalue weighted by Gasteiger charge is 2.13. The van der Waals surface area contributed by atoms with Crippen molar-refractivity contribution in [1.82, 2.24) is 4.98 Å². The van der Waals surface area contributed by atoms with Gasteiger partial charge < -0.3 is 0 Å². The van der Waals surface area contributed by atoms with Crippen LogP contribution in [0.1, 0.15) is 0 Å². The molecule has 0 bridgehead atoms. The maximum absolute atomic E-state index is 14.1. The number of aromatic nitrogens is 1. The molecule has 0 aliphatic heterocycles. The van der Waals surface area contributed by atoms with Gasteiger partial charge in [-0.3, -0.25) is 0 Å². The molecule has 0 aliphatic carbocycles. The molecule has 0 atom stereocenters. The van der Waals surface area contributed by atoms with Crippen molar-refractivity contribution < 1.29 is 4.39 Å². The summed E-state index contributed by atoms with van der Waals surface area (Å²) in [7, 11) is 0. The third-order valence-corrected chi connectivity index (χ3v) is 5.74. The SMILES string of the molecule is Fc1cc(-c2cc(Cl)c(Cl)c(Cl)c2)nc(-c2cc(Cl)c(Cl)c(Cl)c2)c1. The lowest BCUT2D eigenvalue weighted by Crippen LogP contribution is -1.92. The summed E-state index contributed by atoms with van der Waals surface area (Å²) in [5, 5.41) is 1.42. The molecule has 1 aromatic heterocycles. The van der Waals surface area contributed by atoms with Gasteiger partial charge in [-0.25, -0.2) is 9.37 Å². The van der Waals surface area contributed by atoms with Crippen molar-refractivity contribution in [3.8, 4) is 22.5 Å². The number of hydrogen-bond acceptors (Lipinski definition) is 1. The number of hydrogen-bond donors (Lipinski definition) is 0. The second-order valence-corrected chi connectivity index (χ2v) is 7.45. The highest BCUT2D eigenvalue weighted by Crippen LogP contribution is 2.37. The smallest absolute Gasteiger partial charge is 0.127 e. The average molecular weight is 456 g/mol. The second-order valence-electron chi connectivity index (χ2n) is 5.06. The predicted molar refractivity (Wildman–Crippen MR) is 105 cm³/mol. The van der Waals surface area contributed by atoms with E-state index in [2.05, 4.69) is 4.98 Å². The molecule has 25 heavy (non-hydrogen) atoms. The molecule has 0 saturated carbocycles. The van der Waals surface area contributed by atoms with Crippen LogP contribution in [0.5, 0.6) is 0 Å². The van der Waals surface area contributed by atoms with Crippen LogP contribution in [0.3, 0.4) is 0 Å². The molecule has 1 heterocycles. The topological polar surface area (TPSA) is 12.9 Å². The molecular weight excluding hydrogens is 450 g/mol. The van der Waals surface area contributed by atoms with Crippen molar-refractivity contribution in [2.75, 3.05) is 0 Å². The summed E-state index contributed by atoms with van der Waals surface area (Å²) in [5.74, 6) is -0.496. The molecule has 0 N–H and O–H groups in total. The summed E-state index contributed by atoms with van der Waals surface area (Å²) in [6.07, 6.45) is 0. The zero-order valence-corrected chi connectivity index (χ0v) is 16.6. The quantitative estimate of drug-likeness (QED) is 0.353. The molecule has 128 valence electrons. The third kappa shape index (κ3) is 4.00. The standard InChI is InChI=1S/C17H6Cl6FN/c18-10-1-7(2-11(19)16(10)22)14-5-9(24)6-15(25-14)8-3-12(20)17(23)13(21)4-8/h1-6H. The molecule has 8 heteroatoms. The lowest BCUT2D eigenvalue weighted by atomic mass is 10.1. The Morgan fingerprint density at radius 3 is 1.20 bits per heavy atom. The molecule has 0 fully saturated rings. The maximum Gasteiger partial charge on any atom is 0.127 e. The van der Waals surface area contributed by atoms with Crippen molar-refractivity contribution in [3.63, 3.8) is 0 Å². The van der Waals surface area contributed by atoms with Crippen LogP contribution in [0, 0.1) is 5.82 Å². The van der Waals surface area contributed by atoms with Crippen LogP contribution in [0.25, 0.3) is 22.5 Å². The van der Waals surface area contributed by atoms with Crippen molar-refractivity contribution in [2.45, 2.75) is 0 Å². The Balaban J connectivity index is 2.17. The fourth-order valence-corrected chi connectivity index (χ4v) is 3.39. The molecular formula is C17H6Cl6FN. The van der Waals surface area contributed by atoms with Gasteiger partial charge in [0.05, 0.1) is 41.5 Å². The number of rotatable bonds is 2. The van der Waals surface area contributed by atoms with Gasteiger partial charge in [0.25, 0.3) is 0 Å². The monoisotopic (exact) mass is 453 g/mol. The Bertz CT molecular complexity index is 867. The summed E-state index contributed by atoms with van der Waals surface area (Å²) in [6, 6.07) is 8.76. The average Bonchev–Trinajstić information content (AvgIpc) is 2.56. The number of halogens is 7. The van der Waals surface area contributed by atoms with Crippen molar-refractivity contribution in [3.05, 3.63) is 72.4 Å². The van der Waals surface area contributed by atoms with Gasteiger partial charge in [0.2, 0.25) is 0 Å². The van der Waals surface area contributed by atoms with Crippen LogP contribution in [-0.2, 0) is 0 Å². The fourth-order valence-electron chi connectivity index (χ4n) is 2.20. The zero-order valence-electron chi connectivity index (χ0n) is 12.1. The first-order chi connectivity index (χ1) is 11.8. The van der Waals surface area contributed by atoms with E-state index in [0.29, 0.717) is 22.5 Å². The van der Waals surface area contributed by atoms with Crippen molar-refractivity contribution in [2.24, 2.45) is 0 Å². The van der Waals surface area contributed by atoms with E-state index in [1.807, 2.05) is 0 Å². The van der Waals surface area contributed by atoms with Gasteiger partial charge in [0, 0.05) is 23.3 Å². The molecule has 0 unspecified atom stereocenters. The lowest BCUT2D eigenvalue weighted by molar-refractivity contribution is 0.627. The van der Waals surface area contributed by atoms with E-state index in [0.717, 1.165) is 0 Å². The van der Waals surface area contributed by atoms with E-state index in [9.17, 15) is 4.39 Å². The highest BCUT2D eigenvalue weighted by molar-refractivity contribution is 6.49. The Hall–Kier alpha value is -0.740. The van der Waals surface area contributed by atoms with Gasteiger partial charge in [-0.2, -0.15) is 0 Å². The first kappa shape index (κ1) is 19.0. The van der Waals surface area contributed by atoms with Gasteiger partial charge in [0.1, 0.15) is 5.82 Å². The number of benzene rings is 2. The molecule has 0 spiro atoms. The summed E-state index contributed by atoms with van der Waals surface area (Å²) >= 11 is 36.0. The molecule has 0 saturated heterocycles. The zero-order chi connectivity index (χ0) is 18.3. The fraction of sp³-hybridized carbons (Fsp3) is 0. The minimum atomic E-state index is -0.496. The summed E-state index contributed by atoms with van der Waals surface area (Å²) in [6.45, 7) is 0. The molecule has 1 nitrogen and oxygen atoms in total. The maximum atomic E-state index is 14.1. The predicted octanol–water partition coefficient (Wildman–Crippen LogP) is 8.48. The molecule has 2 aromatic carbocycles. The van der Waals surface area contributed by atoms with E-state index >= 15 is 0 Å². The lowest BCUT2D eigenvalue weighted by Gasteiger charge is -2.09. The summed E-state index contributed by atoms with van der Waals surface area (Å²) in [5.41, 5.74) is 1.70. The van der Waals surface area contributed by atoms with Crippen LogP contribution in [0.15, 0.2) is 36.4 Å². The Kier molecular flexibility index (Phi) is 5.69. The second kappa shape index (κ2) is 7.48. The normalized spacial score (nSPS) is 11.0. The first-order valence-corrected chi connectivity index (χ1v) is 9.00. The summed E-state index contributed by atoms with van der Waals surface area (Å²) in [4.78, 5) is 4.44. The Morgan fingerprint density at radius 1 is 0.560 bits per heavy atom. The van der Waals surface area contributed by atoms with Crippen LogP contribution in [0.2, 0.25) is 30.1 Å². The molecule has 3 rings (SSSR count). The molecule has 0 radical (unpaired) electrons.